The van der Waals surface area contributed by atoms with Crippen molar-refractivity contribution >= 4 is 37.6 Å². The molecule has 0 amide bonds. The summed E-state index contributed by atoms with van der Waals surface area (Å²) in [5, 5.41) is -0.0166. The topological polar surface area (TPSA) is 59.1 Å². The Morgan fingerprint density at radius 2 is 2.17 bits per heavy atom. The van der Waals surface area contributed by atoms with E-state index in [1.165, 1.54) is 12.3 Å². The van der Waals surface area contributed by atoms with E-state index in [-0.39, 0.29) is 16.1 Å². The highest BCUT2D eigenvalue weighted by molar-refractivity contribution is 9.10. The summed E-state index contributed by atoms with van der Waals surface area (Å²) in [5.74, 6) is 0. The van der Waals surface area contributed by atoms with Crippen molar-refractivity contribution in [2.75, 3.05) is 0 Å². The number of hydrogen-bond acceptors (Lipinski definition) is 3. The predicted molar refractivity (Wildman–Crippen MR) is 76.3 cm³/mol. The van der Waals surface area contributed by atoms with Crippen LogP contribution in [0.3, 0.4) is 0 Å². The molecule has 0 saturated carbocycles. The molecule has 1 heterocycles. The van der Waals surface area contributed by atoms with Crippen LogP contribution in [0.4, 0.5) is 0 Å². The molecule has 4 nitrogen and oxygen atoms in total. The van der Waals surface area contributed by atoms with Gasteiger partial charge in [-0.15, -0.1) is 0 Å². The Morgan fingerprint density at radius 1 is 1.50 bits per heavy atom. The lowest BCUT2D eigenvalue weighted by molar-refractivity contribution is 0.512. The second-order valence-electron chi connectivity index (χ2n) is 3.96. The van der Waals surface area contributed by atoms with Crippen molar-refractivity contribution in [3.05, 3.63) is 21.9 Å². The van der Waals surface area contributed by atoms with E-state index in [2.05, 4.69) is 25.6 Å². The molecule has 0 aliphatic rings. The molecule has 0 fully saturated rings. The van der Waals surface area contributed by atoms with Crippen LogP contribution in [-0.4, -0.2) is 19.4 Å². The predicted octanol–water partition coefficient (Wildman–Crippen LogP) is 3.35. The lowest BCUT2D eigenvalue weighted by atomic mass is 10.1. The number of nitrogens with zero attached hydrogens (tertiary/aromatic N) is 1. The maximum absolute atomic E-state index is 12.2. The largest absolute Gasteiger partial charge is 0.243 e. The van der Waals surface area contributed by atoms with Crippen LogP contribution < -0.4 is 4.72 Å². The quantitative estimate of drug-likeness (QED) is 0.796. The molecule has 0 aliphatic heterocycles. The number of halogens is 2. The van der Waals surface area contributed by atoms with Crippen LogP contribution in [0.25, 0.3) is 0 Å². The third-order valence-electron chi connectivity index (χ3n) is 2.51. The van der Waals surface area contributed by atoms with E-state index in [1.54, 1.807) is 0 Å². The van der Waals surface area contributed by atoms with Crippen molar-refractivity contribution in [1.82, 2.24) is 9.71 Å². The van der Waals surface area contributed by atoms with Gasteiger partial charge in [-0.05, 0) is 34.8 Å². The summed E-state index contributed by atoms with van der Waals surface area (Å²) >= 11 is 9.02. The molecule has 0 saturated heterocycles. The number of aromatic nitrogens is 1. The number of hydrogen-bond donors (Lipinski definition) is 1. The van der Waals surface area contributed by atoms with Crippen LogP contribution >= 0.6 is 27.5 Å². The second-order valence-corrected chi connectivity index (χ2v) is 6.91. The molecule has 1 rings (SSSR count). The van der Waals surface area contributed by atoms with Crippen molar-refractivity contribution in [2.45, 2.75) is 44.0 Å². The summed E-state index contributed by atoms with van der Waals surface area (Å²) in [7, 11) is -3.62. The van der Waals surface area contributed by atoms with Gasteiger partial charge in [-0.2, -0.15) is 0 Å². The summed E-state index contributed by atoms with van der Waals surface area (Å²) < 4.78 is 27.6. The van der Waals surface area contributed by atoms with E-state index in [1.807, 2.05) is 13.8 Å². The zero-order chi connectivity index (χ0) is 13.8. The van der Waals surface area contributed by atoms with Gasteiger partial charge in [-0.3, -0.25) is 0 Å². The Hall–Kier alpha value is -0.170. The van der Waals surface area contributed by atoms with Crippen LogP contribution in [0, 0.1) is 0 Å². The van der Waals surface area contributed by atoms with Gasteiger partial charge in [-0.1, -0.05) is 31.9 Å². The molecule has 1 unspecified atom stereocenters. The van der Waals surface area contributed by atoms with E-state index in [0.717, 1.165) is 19.3 Å². The van der Waals surface area contributed by atoms with E-state index < -0.39 is 10.0 Å². The average molecular weight is 356 g/mol. The van der Waals surface area contributed by atoms with Crippen LogP contribution in [-0.2, 0) is 10.0 Å². The number of nitrogens with one attached hydrogen (secondary N) is 1. The molecule has 0 radical (unpaired) electrons. The van der Waals surface area contributed by atoms with Crippen LogP contribution in [0.5, 0.6) is 0 Å². The fourth-order valence-electron chi connectivity index (χ4n) is 1.57. The van der Waals surface area contributed by atoms with Gasteiger partial charge < -0.3 is 0 Å². The SMILES string of the molecule is CCCC(CC)NS(=O)(=O)c1cc(Br)cnc1Cl. The first kappa shape index (κ1) is 15.9. The van der Waals surface area contributed by atoms with Gasteiger partial charge in [0.25, 0.3) is 0 Å². The van der Waals surface area contributed by atoms with Gasteiger partial charge in [0.1, 0.15) is 10.0 Å². The molecule has 0 bridgehead atoms. The van der Waals surface area contributed by atoms with Gasteiger partial charge in [0.15, 0.2) is 0 Å². The Balaban J connectivity index is 3.02. The molecule has 7 heteroatoms. The zero-order valence-corrected chi connectivity index (χ0v) is 13.4. The third kappa shape index (κ3) is 4.19. The second kappa shape index (κ2) is 6.84. The van der Waals surface area contributed by atoms with Crippen molar-refractivity contribution in [3.8, 4) is 0 Å². The minimum atomic E-state index is -3.62. The van der Waals surface area contributed by atoms with Crippen LogP contribution in [0.15, 0.2) is 21.6 Å². The molecule has 0 aromatic carbocycles. The number of rotatable bonds is 6. The number of sulfonamides is 1. The van der Waals surface area contributed by atoms with Crippen LogP contribution in [0.2, 0.25) is 5.15 Å². The van der Waals surface area contributed by atoms with Crippen molar-refractivity contribution in [2.24, 2.45) is 0 Å². The maximum Gasteiger partial charge on any atom is 0.243 e. The molecule has 1 N–H and O–H groups in total. The van der Waals surface area contributed by atoms with Gasteiger partial charge in [0.05, 0.1) is 0 Å². The number of pyridine rings is 1. The lowest BCUT2D eigenvalue weighted by Crippen LogP contribution is -2.34. The summed E-state index contributed by atoms with van der Waals surface area (Å²) in [6.07, 6.45) is 3.93. The van der Waals surface area contributed by atoms with E-state index in [4.69, 9.17) is 11.6 Å². The van der Waals surface area contributed by atoms with Crippen LogP contribution in [0.1, 0.15) is 33.1 Å². The van der Waals surface area contributed by atoms with E-state index >= 15 is 0 Å². The van der Waals surface area contributed by atoms with E-state index in [0.29, 0.717) is 4.47 Å². The van der Waals surface area contributed by atoms with Crippen molar-refractivity contribution in [1.29, 1.82) is 0 Å². The highest BCUT2D eigenvalue weighted by Crippen LogP contribution is 2.23. The van der Waals surface area contributed by atoms with Gasteiger partial charge in [0, 0.05) is 16.7 Å². The first-order valence-electron chi connectivity index (χ1n) is 5.74. The standard InChI is InChI=1S/C11H16BrClN2O2S/c1-3-5-9(4-2)15-18(16,17)10-6-8(12)7-14-11(10)13/h6-7,9,15H,3-5H2,1-2H3. The fourth-order valence-corrected chi connectivity index (χ4v) is 3.87. The van der Waals surface area contributed by atoms with E-state index in [9.17, 15) is 8.42 Å². The molecular weight excluding hydrogens is 340 g/mol. The zero-order valence-electron chi connectivity index (χ0n) is 10.3. The summed E-state index contributed by atoms with van der Waals surface area (Å²) in [6, 6.07) is 1.38. The monoisotopic (exact) mass is 354 g/mol. The Morgan fingerprint density at radius 3 is 2.72 bits per heavy atom. The minimum absolute atomic E-state index is 0.00750. The molecule has 1 atom stereocenters. The van der Waals surface area contributed by atoms with Crippen molar-refractivity contribution < 1.29 is 8.42 Å². The first-order chi connectivity index (χ1) is 8.40. The molecule has 0 spiro atoms. The Labute approximate surface area is 121 Å². The fraction of sp³-hybridized carbons (Fsp3) is 0.545. The van der Waals surface area contributed by atoms with Gasteiger partial charge in [0.2, 0.25) is 10.0 Å². The maximum atomic E-state index is 12.2. The summed E-state index contributed by atoms with van der Waals surface area (Å²) in [4.78, 5) is 3.83. The molecule has 18 heavy (non-hydrogen) atoms. The lowest BCUT2D eigenvalue weighted by Gasteiger charge is -2.16. The molecule has 1 aromatic heterocycles. The van der Waals surface area contributed by atoms with Gasteiger partial charge >= 0.3 is 0 Å². The Bertz CT molecular complexity index is 508. The summed E-state index contributed by atoms with van der Waals surface area (Å²) in [6.45, 7) is 3.97. The highest BCUT2D eigenvalue weighted by atomic mass is 79.9. The molecular formula is C11H16BrClN2O2S. The Kier molecular flexibility index (Phi) is 6.04. The summed E-state index contributed by atoms with van der Waals surface area (Å²) in [5.41, 5.74) is 0. The van der Waals surface area contributed by atoms with Gasteiger partial charge in [-0.25, -0.2) is 18.1 Å². The third-order valence-corrected chi connectivity index (χ3v) is 4.90. The molecule has 102 valence electrons. The molecule has 0 aliphatic carbocycles. The highest BCUT2D eigenvalue weighted by Gasteiger charge is 2.22. The minimum Gasteiger partial charge on any atom is -0.242 e. The first-order valence-corrected chi connectivity index (χ1v) is 8.39. The molecule has 1 aromatic rings. The smallest absolute Gasteiger partial charge is 0.242 e. The average Bonchev–Trinajstić information content (AvgIpc) is 2.31. The normalized spacial score (nSPS) is 13.6. The van der Waals surface area contributed by atoms with Crippen molar-refractivity contribution in [3.63, 3.8) is 0 Å².